The number of aromatic nitrogens is 2. The Bertz CT molecular complexity index is 1100. The lowest BCUT2D eigenvalue weighted by Gasteiger charge is -2.10. The SMILES string of the molecule is COc1cc(N)c(Cl)cc1C(=O)OCC(=O)c1cc(C)n(-c2cc(C)on2)c1C. The number of ether oxygens (including phenoxy) is 2. The van der Waals surface area contributed by atoms with Gasteiger partial charge in [0.25, 0.3) is 0 Å². The number of carbonyl (C=O) groups excluding carboxylic acids is 2. The van der Waals surface area contributed by atoms with Crippen LogP contribution >= 0.6 is 11.6 Å². The number of hydrogen-bond donors (Lipinski definition) is 1. The van der Waals surface area contributed by atoms with Gasteiger partial charge in [0.05, 0.1) is 17.8 Å². The number of nitrogens with zero attached hydrogens (tertiary/aromatic N) is 2. The van der Waals surface area contributed by atoms with E-state index in [4.69, 9.17) is 31.3 Å². The molecule has 0 aliphatic carbocycles. The molecule has 0 aliphatic rings. The minimum Gasteiger partial charge on any atom is -0.496 e. The highest BCUT2D eigenvalue weighted by atomic mass is 35.5. The van der Waals surface area contributed by atoms with E-state index in [1.54, 1.807) is 30.5 Å². The van der Waals surface area contributed by atoms with Gasteiger partial charge < -0.3 is 19.7 Å². The molecule has 0 spiro atoms. The van der Waals surface area contributed by atoms with Crippen molar-refractivity contribution in [3.63, 3.8) is 0 Å². The molecule has 1 aromatic carbocycles. The Morgan fingerprint density at radius 3 is 2.52 bits per heavy atom. The number of methoxy groups -OCH3 is 1. The first kappa shape index (κ1) is 20.5. The molecular formula is C20H20ClN3O5. The summed E-state index contributed by atoms with van der Waals surface area (Å²) >= 11 is 5.97. The third kappa shape index (κ3) is 3.97. The third-order valence-electron chi connectivity index (χ3n) is 4.45. The van der Waals surface area contributed by atoms with E-state index in [2.05, 4.69) is 5.16 Å². The number of carbonyl (C=O) groups is 2. The maximum Gasteiger partial charge on any atom is 0.342 e. The summed E-state index contributed by atoms with van der Waals surface area (Å²) in [7, 11) is 1.39. The number of nitrogen functional groups attached to an aromatic ring is 1. The molecule has 2 heterocycles. The van der Waals surface area contributed by atoms with Crippen molar-refractivity contribution in [3.8, 4) is 11.6 Å². The van der Waals surface area contributed by atoms with Gasteiger partial charge in [-0.2, -0.15) is 0 Å². The minimum absolute atomic E-state index is 0.0862. The topological polar surface area (TPSA) is 110 Å². The highest BCUT2D eigenvalue weighted by molar-refractivity contribution is 6.33. The zero-order valence-electron chi connectivity index (χ0n) is 16.4. The highest BCUT2D eigenvalue weighted by Gasteiger charge is 2.21. The summed E-state index contributed by atoms with van der Waals surface area (Å²) in [5, 5.41) is 4.17. The molecule has 0 unspecified atom stereocenters. The predicted molar refractivity (Wildman–Crippen MR) is 107 cm³/mol. The van der Waals surface area contributed by atoms with E-state index in [1.165, 1.54) is 19.2 Å². The third-order valence-corrected chi connectivity index (χ3v) is 4.78. The maximum atomic E-state index is 12.7. The molecule has 0 atom stereocenters. The van der Waals surface area contributed by atoms with Crippen LogP contribution in [0.2, 0.25) is 5.02 Å². The summed E-state index contributed by atoms with van der Waals surface area (Å²) < 4.78 is 17.2. The van der Waals surface area contributed by atoms with Crippen molar-refractivity contribution in [2.75, 3.05) is 19.5 Å². The normalized spacial score (nSPS) is 10.8. The van der Waals surface area contributed by atoms with Gasteiger partial charge in [-0.05, 0) is 32.9 Å². The number of aryl methyl sites for hydroxylation is 2. The molecule has 0 fully saturated rings. The fourth-order valence-corrected chi connectivity index (χ4v) is 3.20. The molecule has 0 bridgehead atoms. The van der Waals surface area contributed by atoms with E-state index in [1.807, 2.05) is 6.92 Å². The number of anilines is 1. The zero-order valence-corrected chi connectivity index (χ0v) is 17.2. The van der Waals surface area contributed by atoms with E-state index < -0.39 is 12.6 Å². The molecule has 9 heteroatoms. The second-order valence-electron chi connectivity index (χ2n) is 6.49. The van der Waals surface area contributed by atoms with Gasteiger partial charge in [-0.3, -0.25) is 9.36 Å². The van der Waals surface area contributed by atoms with E-state index in [0.29, 0.717) is 22.8 Å². The number of rotatable bonds is 6. The number of nitrogens with two attached hydrogens (primary N) is 1. The molecule has 152 valence electrons. The average Bonchev–Trinajstić information content (AvgIpc) is 3.23. The average molecular weight is 418 g/mol. The quantitative estimate of drug-likeness (QED) is 0.370. The first-order chi connectivity index (χ1) is 13.7. The van der Waals surface area contributed by atoms with Gasteiger partial charge in [0.15, 0.2) is 12.4 Å². The minimum atomic E-state index is -0.738. The molecule has 2 N–H and O–H groups in total. The first-order valence-corrected chi connectivity index (χ1v) is 9.06. The van der Waals surface area contributed by atoms with Gasteiger partial charge in [-0.25, -0.2) is 4.79 Å². The molecule has 29 heavy (non-hydrogen) atoms. The molecule has 0 saturated heterocycles. The molecule has 8 nitrogen and oxygen atoms in total. The number of ketones is 1. The lowest BCUT2D eigenvalue weighted by atomic mass is 10.1. The Kier molecular flexibility index (Phi) is 5.65. The second-order valence-corrected chi connectivity index (χ2v) is 6.90. The summed E-state index contributed by atoms with van der Waals surface area (Å²) in [4.78, 5) is 25.1. The molecule has 0 amide bonds. The van der Waals surface area contributed by atoms with Crippen molar-refractivity contribution in [1.29, 1.82) is 0 Å². The Morgan fingerprint density at radius 1 is 1.17 bits per heavy atom. The van der Waals surface area contributed by atoms with Crippen molar-refractivity contribution < 1.29 is 23.6 Å². The van der Waals surface area contributed by atoms with E-state index in [-0.39, 0.29) is 27.8 Å². The van der Waals surface area contributed by atoms with Gasteiger partial charge in [0.2, 0.25) is 5.78 Å². The first-order valence-electron chi connectivity index (χ1n) is 8.69. The Balaban J connectivity index is 1.78. The van der Waals surface area contributed by atoms with Gasteiger partial charge in [-0.1, -0.05) is 16.8 Å². The fraction of sp³-hybridized carbons (Fsp3) is 0.250. The highest BCUT2D eigenvalue weighted by Crippen LogP contribution is 2.29. The van der Waals surface area contributed by atoms with Crippen molar-refractivity contribution in [1.82, 2.24) is 9.72 Å². The molecular weight excluding hydrogens is 398 g/mol. The summed E-state index contributed by atoms with van der Waals surface area (Å²) in [5.74, 6) is 0.362. The monoisotopic (exact) mass is 417 g/mol. The summed E-state index contributed by atoms with van der Waals surface area (Å²) in [5.41, 5.74) is 7.97. The number of hydrogen-bond acceptors (Lipinski definition) is 7. The standard InChI is InChI=1S/C20H20ClN3O5/c1-10-5-13(12(3)24(10)19-6-11(2)29-23-19)17(25)9-28-20(26)14-7-15(21)16(22)8-18(14)27-4/h5-8H,9,22H2,1-4H3. The second kappa shape index (κ2) is 8.00. The van der Waals surface area contributed by atoms with E-state index in [9.17, 15) is 9.59 Å². The summed E-state index contributed by atoms with van der Waals surface area (Å²) in [6.07, 6.45) is 0. The van der Waals surface area contributed by atoms with E-state index in [0.717, 1.165) is 5.69 Å². The smallest absolute Gasteiger partial charge is 0.342 e. The summed E-state index contributed by atoms with van der Waals surface area (Å²) in [6, 6.07) is 6.26. The largest absolute Gasteiger partial charge is 0.496 e. The lowest BCUT2D eigenvalue weighted by molar-refractivity contribution is 0.0471. The molecule has 2 aromatic heterocycles. The molecule has 0 radical (unpaired) electrons. The van der Waals surface area contributed by atoms with Crippen LogP contribution in [0.5, 0.6) is 5.75 Å². The van der Waals surface area contributed by atoms with Crippen LogP contribution in [0.15, 0.2) is 28.8 Å². The number of esters is 1. The van der Waals surface area contributed by atoms with Crippen LogP contribution in [0, 0.1) is 20.8 Å². The van der Waals surface area contributed by atoms with Gasteiger partial charge in [-0.15, -0.1) is 0 Å². The van der Waals surface area contributed by atoms with Crippen LogP contribution in [-0.4, -0.2) is 35.2 Å². The van der Waals surface area contributed by atoms with Crippen molar-refractivity contribution in [3.05, 3.63) is 57.6 Å². The Morgan fingerprint density at radius 2 is 1.90 bits per heavy atom. The molecule has 3 rings (SSSR count). The maximum absolute atomic E-state index is 12.7. The lowest BCUT2D eigenvalue weighted by Crippen LogP contribution is -2.16. The van der Waals surface area contributed by atoms with Crippen LogP contribution in [0.25, 0.3) is 5.82 Å². The Labute approximate surface area is 172 Å². The number of benzene rings is 1. The molecule has 0 saturated carbocycles. The van der Waals surface area contributed by atoms with Gasteiger partial charge >= 0.3 is 5.97 Å². The van der Waals surface area contributed by atoms with Crippen LogP contribution in [0.4, 0.5) is 5.69 Å². The fourth-order valence-electron chi connectivity index (χ4n) is 3.04. The van der Waals surface area contributed by atoms with Crippen LogP contribution in [0.3, 0.4) is 0 Å². The predicted octanol–water partition coefficient (Wildman–Crippen LogP) is 3.67. The zero-order chi connectivity index (χ0) is 21.3. The number of halogens is 1. The van der Waals surface area contributed by atoms with Crippen LogP contribution in [-0.2, 0) is 4.74 Å². The van der Waals surface area contributed by atoms with Crippen LogP contribution < -0.4 is 10.5 Å². The molecule has 3 aromatic rings. The van der Waals surface area contributed by atoms with Gasteiger partial charge in [0, 0.05) is 29.1 Å². The van der Waals surface area contributed by atoms with Gasteiger partial charge in [0.1, 0.15) is 17.1 Å². The van der Waals surface area contributed by atoms with E-state index >= 15 is 0 Å². The van der Waals surface area contributed by atoms with Crippen LogP contribution in [0.1, 0.15) is 37.9 Å². The number of Topliss-reactive ketones (excluding diaryl/α,β-unsaturated/α-hetero) is 1. The summed E-state index contributed by atoms with van der Waals surface area (Å²) in [6.45, 7) is 4.98. The molecule has 0 aliphatic heterocycles. The van der Waals surface area contributed by atoms with Crippen molar-refractivity contribution >= 4 is 29.0 Å². The Hall–Kier alpha value is -3.26. The van der Waals surface area contributed by atoms with Crippen molar-refractivity contribution in [2.24, 2.45) is 0 Å². The van der Waals surface area contributed by atoms with Crippen molar-refractivity contribution in [2.45, 2.75) is 20.8 Å².